The van der Waals surface area contributed by atoms with Gasteiger partial charge in [0.05, 0.1) is 18.5 Å². The topological polar surface area (TPSA) is 60.9 Å². The highest BCUT2D eigenvalue weighted by atomic mass is 32.2. The van der Waals surface area contributed by atoms with Crippen molar-refractivity contribution in [3.63, 3.8) is 0 Å². The van der Waals surface area contributed by atoms with Gasteiger partial charge < -0.3 is 9.80 Å². The minimum Gasteiger partial charge on any atom is -0.368 e. The molecule has 1 aliphatic heterocycles. The molecule has 0 unspecified atom stereocenters. The zero-order chi connectivity index (χ0) is 24.3. The fourth-order valence-corrected chi connectivity index (χ4v) is 5.27. The maximum Gasteiger partial charge on any atom is 0.253 e. The van der Waals surface area contributed by atoms with Gasteiger partial charge >= 0.3 is 0 Å². The van der Waals surface area contributed by atoms with Gasteiger partial charge in [0.15, 0.2) is 0 Å². The Balaban J connectivity index is 1.43. The summed E-state index contributed by atoms with van der Waals surface area (Å²) in [5, 5.41) is 0. The van der Waals surface area contributed by atoms with Gasteiger partial charge in [0.2, 0.25) is 10.0 Å². The predicted octanol–water partition coefficient (Wildman–Crippen LogP) is 4.23. The number of carbonyl (C=O) groups excluding carboxylic acids is 1. The first-order valence-electron chi connectivity index (χ1n) is 11.4. The third-order valence-electron chi connectivity index (χ3n) is 6.11. The van der Waals surface area contributed by atoms with E-state index in [2.05, 4.69) is 17.0 Å². The first kappa shape index (κ1) is 23.8. The molecule has 4 rings (SSSR count). The van der Waals surface area contributed by atoms with E-state index in [0.29, 0.717) is 24.3 Å². The van der Waals surface area contributed by atoms with Gasteiger partial charge in [-0.25, -0.2) is 8.42 Å². The van der Waals surface area contributed by atoms with Crippen molar-refractivity contribution in [3.05, 3.63) is 95.1 Å². The molecular weight excluding hydrogens is 446 g/mol. The molecule has 6 nitrogen and oxygen atoms in total. The highest BCUT2D eigenvalue weighted by Crippen LogP contribution is 2.24. The molecule has 1 saturated heterocycles. The Morgan fingerprint density at radius 2 is 1.44 bits per heavy atom. The largest absolute Gasteiger partial charge is 0.368 e. The highest BCUT2D eigenvalue weighted by molar-refractivity contribution is 7.92. The van der Waals surface area contributed by atoms with Crippen LogP contribution in [0.2, 0.25) is 0 Å². The zero-order valence-electron chi connectivity index (χ0n) is 19.9. The monoisotopic (exact) mass is 477 g/mol. The molecular formula is C27H31N3O3S. The molecule has 0 N–H and O–H groups in total. The Morgan fingerprint density at radius 3 is 2.00 bits per heavy atom. The summed E-state index contributed by atoms with van der Waals surface area (Å²) in [6.07, 6.45) is 1.22. The second-order valence-corrected chi connectivity index (χ2v) is 10.8. The van der Waals surface area contributed by atoms with Crippen LogP contribution in [0.5, 0.6) is 0 Å². The molecule has 0 bridgehead atoms. The number of piperazine rings is 1. The van der Waals surface area contributed by atoms with Gasteiger partial charge in [0.25, 0.3) is 5.91 Å². The summed E-state index contributed by atoms with van der Waals surface area (Å²) < 4.78 is 26.5. The van der Waals surface area contributed by atoms with Crippen molar-refractivity contribution in [1.82, 2.24) is 4.90 Å². The van der Waals surface area contributed by atoms with Crippen LogP contribution < -0.4 is 9.21 Å². The number of rotatable bonds is 6. The number of benzene rings is 3. The number of para-hydroxylation sites is 1. The minimum absolute atomic E-state index is 0.00791. The molecule has 3 aromatic rings. The van der Waals surface area contributed by atoms with E-state index in [1.54, 1.807) is 12.1 Å². The standard InChI is InChI=1S/C27H31N3O3S/c1-21-17-22(2)19-26(18-21)30(34(3,32)33)20-23-9-11-24(12-10-23)27(31)29-15-13-28(14-16-29)25-7-5-4-6-8-25/h4-12,17-19H,13-16,20H2,1-3H3. The van der Waals surface area contributed by atoms with E-state index in [9.17, 15) is 13.2 Å². The number of hydrogen-bond acceptors (Lipinski definition) is 4. The summed E-state index contributed by atoms with van der Waals surface area (Å²) in [5.74, 6) is 0.00791. The van der Waals surface area contributed by atoms with Crippen LogP contribution in [0.3, 0.4) is 0 Å². The SMILES string of the molecule is Cc1cc(C)cc(N(Cc2ccc(C(=O)N3CCN(c4ccccc4)CC3)cc2)S(C)(=O)=O)c1. The number of sulfonamides is 1. The van der Waals surface area contributed by atoms with Crippen LogP contribution in [0.15, 0.2) is 72.8 Å². The maximum absolute atomic E-state index is 13.0. The number of amides is 1. The third-order valence-corrected chi connectivity index (χ3v) is 7.25. The van der Waals surface area contributed by atoms with Crippen molar-refractivity contribution in [2.75, 3.05) is 41.6 Å². The van der Waals surface area contributed by atoms with Crippen LogP contribution in [0.25, 0.3) is 0 Å². The lowest BCUT2D eigenvalue weighted by Gasteiger charge is -2.36. The van der Waals surface area contributed by atoms with Gasteiger partial charge in [0.1, 0.15) is 0 Å². The van der Waals surface area contributed by atoms with Crippen LogP contribution in [-0.2, 0) is 16.6 Å². The molecule has 3 aromatic carbocycles. The van der Waals surface area contributed by atoms with Crippen LogP contribution in [0, 0.1) is 13.8 Å². The van der Waals surface area contributed by atoms with E-state index >= 15 is 0 Å². The molecule has 0 spiro atoms. The van der Waals surface area contributed by atoms with Crippen LogP contribution >= 0.6 is 0 Å². The van der Waals surface area contributed by atoms with Crippen LogP contribution in [-0.4, -0.2) is 51.7 Å². The normalized spacial score (nSPS) is 14.2. The lowest BCUT2D eigenvalue weighted by atomic mass is 10.1. The van der Waals surface area contributed by atoms with Gasteiger partial charge in [-0.1, -0.05) is 36.4 Å². The summed E-state index contributed by atoms with van der Waals surface area (Å²) >= 11 is 0. The lowest BCUT2D eigenvalue weighted by Crippen LogP contribution is -2.48. The molecule has 7 heteroatoms. The molecule has 0 saturated carbocycles. The van der Waals surface area contributed by atoms with Gasteiger partial charge in [0, 0.05) is 37.4 Å². The number of anilines is 2. The van der Waals surface area contributed by atoms with Crippen molar-refractivity contribution in [2.45, 2.75) is 20.4 Å². The predicted molar refractivity (Wildman–Crippen MR) is 138 cm³/mol. The van der Waals surface area contributed by atoms with Gasteiger partial charge in [-0.3, -0.25) is 9.10 Å². The van der Waals surface area contributed by atoms with Crippen molar-refractivity contribution >= 4 is 27.3 Å². The van der Waals surface area contributed by atoms with E-state index < -0.39 is 10.0 Å². The first-order chi connectivity index (χ1) is 16.2. The number of hydrogen-bond donors (Lipinski definition) is 0. The van der Waals surface area contributed by atoms with E-state index in [1.165, 1.54) is 16.2 Å². The molecule has 0 radical (unpaired) electrons. The molecule has 34 heavy (non-hydrogen) atoms. The lowest BCUT2D eigenvalue weighted by molar-refractivity contribution is 0.0746. The van der Waals surface area contributed by atoms with Crippen molar-refractivity contribution < 1.29 is 13.2 Å². The number of carbonyl (C=O) groups is 1. The second-order valence-electron chi connectivity index (χ2n) is 8.93. The zero-order valence-corrected chi connectivity index (χ0v) is 20.8. The first-order valence-corrected chi connectivity index (χ1v) is 13.3. The van der Waals surface area contributed by atoms with E-state index in [1.807, 2.05) is 67.3 Å². The minimum atomic E-state index is -3.47. The third kappa shape index (κ3) is 5.59. The maximum atomic E-state index is 13.0. The number of nitrogens with zero attached hydrogens (tertiary/aromatic N) is 3. The average Bonchev–Trinajstić information content (AvgIpc) is 2.82. The summed E-state index contributed by atoms with van der Waals surface area (Å²) in [6.45, 7) is 7.06. The Morgan fingerprint density at radius 1 is 0.853 bits per heavy atom. The highest BCUT2D eigenvalue weighted by Gasteiger charge is 2.23. The van der Waals surface area contributed by atoms with Crippen molar-refractivity contribution in [3.8, 4) is 0 Å². The molecule has 1 fully saturated rings. The van der Waals surface area contributed by atoms with Crippen molar-refractivity contribution in [1.29, 1.82) is 0 Å². The Labute approximate surface area is 202 Å². The van der Waals surface area contributed by atoms with Gasteiger partial charge in [-0.15, -0.1) is 0 Å². The van der Waals surface area contributed by atoms with Crippen LogP contribution in [0.1, 0.15) is 27.0 Å². The molecule has 0 aliphatic carbocycles. The molecule has 1 aliphatic rings. The van der Waals surface area contributed by atoms with E-state index in [0.717, 1.165) is 29.8 Å². The molecule has 1 amide bonds. The smallest absolute Gasteiger partial charge is 0.253 e. The second kappa shape index (κ2) is 9.89. The van der Waals surface area contributed by atoms with Gasteiger partial charge in [-0.2, -0.15) is 0 Å². The van der Waals surface area contributed by atoms with Gasteiger partial charge in [-0.05, 0) is 66.9 Å². The molecule has 1 heterocycles. The van der Waals surface area contributed by atoms with E-state index in [4.69, 9.17) is 0 Å². The summed E-state index contributed by atoms with van der Waals surface area (Å²) in [5.41, 5.74) is 5.30. The Bertz CT molecular complexity index is 1230. The Hall–Kier alpha value is -3.32. The molecule has 178 valence electrons. The molecule has 0 aromatic heterocycles. The summed E-state index contributed by atoms with van der Waals surface area (Å²) in [7, 11) is -3.47. The summed E-state index contributed by atoms with van der Waals surface area (Å²) in [6, 6.07) is 23.3. The fraction of sp³-hybridized carbons (Fsp3) is 0.296. The fourth-order valence-electron chi connectivity index (χ4n) is 4.40. The number of aryl methyl sites for hydroxylation is 2. The average molecular weight is 478 g/mol. The molecule has 0 atom stereocenters. The van der Waals surface area contributed by atoms with Crippen LogP contribution in [0.4, 0.5) is 11.4 Å². The Kier molecular flexibility index (Phi) is 6.93. The van der Waals surface area contributed by atoms with E-state index in [-0.39, 0.29) is 12.5 Å². The quantitative estimate of drug-likeness (QED) is 0.533. The van der Waals surface area contributed by atoms with Crippen molar-refractivity contribution in [2.24, 2.45) is 0 Å². The summed E-state index contributed by atoms with van der Waals surface area (Å²) in [4.78, 5) is 17.2.